The summed E-state index contributed by atoms with van der Waals surface area (Å²) in [5.41, 5.74) is 2.17. The third kappa shape index (κ3) is 6.12. The summed E-state index contributed by atoms with van der Waals surface area (Å²) in [6.07, 6.45) is -0.537. The minimum absolute atomic E-state index is 0.291. The molecule has 0 spiro atoms. The molecule has 0 aliphatic heterocycles. The van der Waals surface area contributed by atoms with E-state index in [4.69, 9.17) is 0 Å². The van der Waals surface area contributed by atoms with E-state index in [2.05, 4.69) is 41.3 Å². The van der Waals surface area contributed by atoms with Crippen LogP contribution in [-0.4, -0.2) is 0 Å². The molecule has 0 aliphatic carbocycles. The zero-order valence-corrected chi connectivity index (χ0v) is 17.4. The largest absolute Gasteiger partial charge is 0.399 e. The smallest absolute Gasteiger partial charge is 0.254 e. The molecule has 2 rings (SSSR count). The Kier molecular flexibility index (Phi) is 8.04. The first kappa shape index (κ1) is 21.0. The average Bonchev–Trinajstić information content (AvgIpc) is 2.60. The summed E-state index contributed by atoms with van der Waals surface area (Å²) in [7, 11) is -4.43. The number of thioether (sulfide) groups is 1. The number of hydrogen-bond donors (Lipinski definition) is 0. The number of benzene rings is 2. The number of halogens is 5. The SMILES string of the molecule is O=P(Cc1ccc(CSCc2cc(F)ccc2Br)cc1Br)(OF)OF. The molecule has 0 saturated carbocycles. The van der Waals surface area contributed by atoms with Gasteiger partial charge in [-0.15, -0.1) is 9.46 Å². The van der Waals surface area contributed by atoms with E-state index in [0.29, 0.717) is 21.5 Å². The summed E-state index contributed by atoms with van der Waals surface area (Å²) in [6, 6.07) is 9.60. The maximum absolute atomic E-state index is 13.3. The molecule has 0 aliphatic rings. The molecule has 0 bridgehead atoms. The Hall–Kier alpha value is -0.310. The lowest BCUT2D eigenvalue weighted by molar-refractivity contribution is -0.0881. The molecule has 0 aromatic heterocycles. The van der Waals surface area contributed by atoms with Gasteiger partial charge < -0.3 is 0 Å². The van der Waals surface area contributed by atoms with Crippen LogP contribution in [0.4, 0.5) is 13.4 Å². The molecule has 0 N–H and O–H groups in total. The van der Waals surface area contributed by atoms with Crippen LogP contribution in [-0.2, 0) is 31.7 Å². The quantitative estimate of drug-likeness (QED) is 0.343. The van der Waals surface area contributed by atoms with Gasteiger partial charge in [-0.05, 0) is 50.0 Å². The fourth-order valence-corrected chi connectivity index (χ4v) is 5.15. The zero-order chi connectivity index (χ0) is 18.4. The van der Waals surface area contributed by atoms with Gasteiger partial charge in [0.2, 0.25) is 0 Å². The first-order chi connectivity index (χ1) is 11.9. The predicted molar refractivity (Wildman–Crippen MR) is 98.9 cm³/mol. The summed E-state index contributed by atoms with van der Waals surface area (Å²) < 4.78 is 56.6. The zero-order valence-electron chi connectivity index (χ0n) is 12.6. The molecule has 25 heavy (non-hydrogen) atoms. The Labute approximate surface area is 163 Å². The van der Waals surface area contributed by atoms with Gasteiger partial charge in [0.15, 0.2) is 0 Å². The third-order valence-electron chi connectivity index (χ3n) is 3.23. The van der Waals surface area contributed by atoms with Crippen LogP contribution in [0.1, 0.15) is 16.7 Å². The van der Waals surface area contributed by atoms with Crippen molar-refractivity contribution in [1.29, 1.82) is 0 Å². The van der Waals surface area contributed by atoms with Crippen LogP contribution in [0.25, 0.3) is 0 Å². The second-order valence-corrected chi connectivity index (χ2v) is 9.57. The van der Waals surface area contributed by atoms with Gasteiger partial charge in [0, 0.05) is 20.5 Å². The van der Waals surface area contributed by atoms with Crippen LogP contribution in [0.2, 0.25) is 0 Å². The predicted octanol–water partition coefficient (Wildman–Crippen LogP) is 7.28. The Morgan fingerprint density at radius 1 is 0.960 bits per heavy atom. The molecule has 0 atom stereocenters. The van der Waals surface area contributed by atoms with Crippen LogP contribution in [0.15, 0.2) is 45.3 Å². The summed E-state index contributed by atoms with van der Waals surface area (Å²) in [6.45, 7) is 0. The molecule has 2 aromatic carbocycles. The van der Waals surface area contributed by atoms with Crippen LogP contribution in [0.3, 0.4) is 0 Å². The molecule has 0 saturated heterocycles. The molecular weight excluding hydrogens is 508 g/mol. The molecule has 10 heteroatoms. The van der Waals surface area contributed by atoms with E-state index in [9.17, 15) is 18.0 Å². The molecule has 0 heterocycles. The Morgan fingerprint density at radius 2 is 1.68 bits per heavy atom. The van der Waals surface area contributed by atoms with E-state index in [1.807, 2.05) is 0 Å². The van der Waals surface area contributed by atoms with Crippen LogP contribution in [0.5, 0.6) is 0 Å². The molecule has 0 radical (unpaired) electrons. The highest BCUT2D eigenvalue weighted by Gasteiger charge is 2.29. The van der Waals surface area contributed by atoms with Crippen molar-refractivity contribution < 1.29 is 27.5 Å². The normalized spacial score (nSPS) is 11.7. The Morgan fingerprint density at radius 3 is 2.32 bits per heavy atom. The standard InChI is InChI=1S/C15H12Br2F3O3PS/c16-14-4-3-13(18)6-12(14)9-25-8-10-1-2-11(15(17)5-10)7-24(21,22-19)23-20/h1-6H,7-9H2. The average molecular weight is 520 g/mol. The van der Waals surface area contributed by atoms with Gasteiger partial charge >= 0.3 is 7.60 Å². The van der Waals surface area contributed by atoms with Gasteiger partial charge in [-0.2, -0.15) is 11.8 Å². The molecule has 3 nitrogen and oxygen atoms in total. The van der Waals surface area contributed by atoms with E-state index < -0.39 is 13.8 Å². The molecule has 0 fully saturated rings. The van der Waals surface area contributed by atoms with E-state index in [1.54, 1.807) is 36.0 Å². The summed E-state index contributed by atoms with van der Waals surface area (Å²) >= 11 is 8.23. The highest BCUT2D eigenvalue weighted by atomic mass is 79.9. The second kappa shape index (κ2) is 9.58. The van der Waals surface area contributed by atoms with Crippen LogP contribution >= 0.6 is 51.2 Å². The van der Waals surface area contributed by atoms with Gasteiger partial charge in [-0.1, -0.05) is 44.0 Å². The summed E-state index contributed by atoms with van der Waals surface area (Å²) in [5.74, 6) is 0.956. The Balaban J connectivity index is 1.99. The van der Waals surface area contributed by atoms with Crippen LogP contribution in [0, 0.1) is 5.82 Å². The first-order valence-electron chi connectivity index (χ1n) is 6.85. The van der Waals surface area contributed by atoms with Crippen molar-refractivity contribution in [2.45, 2.75) is 17.7 Å². The van der Waals surface area contributed by atoms with Crippen molar-refractivity contribution in [3.05, 3.63) is 67.9 Å². The lowest BCUT2D eigenvalue weighted by Crippen LogP contribution is -1.93. The first-order valence-corrected chi connectivity index (χ1v) is 11.3. The molecule has 0 unspecified atom stereocenters. The van der Waals surface area contributed by atoms with Crippen molar-refractivity contribution in [3.63, 3.8) is 0 Å². The minimum Gasteiger partial charge on any atom is -0.254 e. The van der Waals surface area contributed by atoms with Crippen molar-refractivity contribution in [3.8, 4) is 0 Å². The highest BCUT2D eigenvalue weighted by molar-refractivity contribution is 9.10. The molecular formula is C15H12Br2F3O3PS. The van der Waals surface area contributed by atoms with E-state index in [1.165, 1.54) is 12.1 Å². The number of hydrogen-bond acceptors (Lipinski definition) is 4. The Bertz CT molecular complexity index is 787. The van der Waals surface area contributed by atoms with Crippen molar-refractivity contribution in [2.75, 3.05) is 0 Å². The minimum atomic E-state index is -4.43. The maximum Gasteiger partial charge on any atom is 0.399 e. The van der Waals surface area contributed by atoms with E-state index >= 15 is 0 Å². The summed E-state index contributed by atoms with van der Waals surface area (Å²) in [5, 5.41) is 0. The lowest BCUT2D eigenvalue weighted by Gasteiger charge is -2.10. The van der Waals surface area contributed by atoms with Crippen molar-refractivity contribution in [2.24, 2.45) is 0 Å². The summed E-state index contributed by atoms with van der Waals surface area (Å²) in [4.78, 5) is 0. The molecule has 0 amide bonds. The molecule has 136 valence electrons. The van der Waals surface area contributed by atoms with Crippen LogP contribution < -0.4 is 0 Å². The van der Waals surface area contributed by atoms with Gasteiger partial charge in [0.1, 0.15) is 5.82 Å². The van der Waals surface area contributed by atoms with Gasteiger partial charge in [-0.3, -0.25) is 4.57 Å². The maximum atomic E-state index is 13.3. The van der Waals surface area contributed by atoms with E-state index in [0.717, 1.165) is 15.6 Å². The highest BCUT2D eigenvalue weighted by Crippen LogP contribution is 2.53. The third-order valence-corrected chi connectivity index (χ3v) is 6.94. The van der Waals surface area contributed by atoms with Gasteiger partial charge in [0.05, 0.1) is 6.16 Å². The van der Waals surface area contributed by atoms with Crippen molar-refractivity contribution >= 4 is 51.2 Å². The fraction of sp³-hybridized carbons (Fsp3) is 0.200. The topological polar surface area (TPSA) is 35.5 Å². The van der Waals surface area contributed by atoms with Gasteiger partial charge in [-0.25, -0.2) is 4.39 Å². The fourth-order valence-electron chi connectivity index (χ4n) is 2.01. The second-order valence-electron chi connectivity index (χ2n) is 5.06. The van der Waals surface area contributed by atoms with Gasteiger partial charge in [0.25, 0.3) is 0 Å². The lowest BCUT2D eigenvalue weighted by atomic mass is 10.2. The van der Waals surface area contributed by atoms with E-state index in [-0.39, 0.29) is 5.82 Å². The van der Waals surface area contributed by atoms with Crippen molar-refractivity contribution in [1.82, 2.24) is 0 Å². The monoisotopic (exact) mass is 518 g/mol. The number of rotatable bonds is 8. The molecule has 2 aromatic rings.